The molecule has 1 atom stereocenters. The lowest BCUT2D eigenvalue weighted by molar-refractivity contribution is -0.203. The van der Waals surface area contributed by atoms with Crippen molar-refractivity contribution in [3.63, 3.8) is 0 Å². The van der Waals surface area contributed by atoms with Crippen LogP contribution in [0.1, 0.15) is 6.42 Å². The minimum atomic E-state index is -4.50. The monoisotopic (exact) mass is 250 g/mol. The summed E-state index contributed by atoms with van der Waals surface area (Å²) in [5.74, 6) is -0.712. The highest BCUT2D eigenvalue weighted by Crippen LogP contribution is 2.24. The lowest BCUT2D eigenvalue weighted by Gasteiger charge is -2.17. The Labute approximate surface area is 97.8 Å². The Morgan fingerprint density at radius 2 is 1.88 bits per heavy atom. The Hall–Kier alpha value is -1.36. The van der Waals surface area contributed by atoms with Gasteiger partial charge in [-0.3, -0.25) is 0 Å². The van der Waals surface area contributed by atoms with Crippen molar-refractivity contribution in [2.75, 3.05) is 6.61 Å². The zero-order valence-corrected chi connectivity index (χ0v) is 9.27. The molecule has 0 heterocycles. The van der Waals surface area contributed by atoms with E-state index >= 15 is 0 Å². The minimum absolute atomic E-state index is 0.0121. The van der Waals surface area contributed by atoms with Crippen molar-refractivity contribution in [2.45, 2.75) is 18.7 Å². The molecule has 0 aromatic heterocycles. The molecule has 1 nitrogen and oxygen atoms in total. The van der Waals surface area contributed by atoms with E-state index in [4.69, 9.17) is 0 Å². The summed E-state index contributed by atoms with van der Waals surface area (Å²) in [7, 11) is 0. The molecule has 0 aliphatic rings. The van der Waals surface area contributed by atoms with Crippen molar-refractivity contribution < 1.29 is 22.3 Å². The first-order valence-electron chi connectivity index (χ1n) is 4.80. The van der Waals surface area contributed by atoms with Crippen molar-refractivity contribution in [2.24, 2.45) is 0 Å². The molecule has 1 unspecified atom stereocenters. The van der Waals surface area contributed by atoms with E-state index in [0.29, 0.717) is 6.08 Å². The zero-order valence-electron chi connectivity index (χ0n) is 9.27. The first kappa shape index (κ1) is 15.6. The molecule has 0 rings (SSSR count). The van der Waals surface area contributed by atoms with E-state index in [9.17, 15) is 17.6 Å². The third-order valence-corrected chi connectivity index (χ3v) is 1.87. The fraction of sp³-hybridized carbons (Fsp3) is 0.333. The number of halogens is 4. The predicted octanol–water partition coefficient (Wildman–Crippen LogP) is 4.11. The topological polar surface area (TPSA) is 9.23 Å². The smallest absolute Gasteiger partial charge is 0.364 e. The quantitative estimate of drug-likeness (QED) is 0.375. The molecule has 96 valence electrons. The van der Waals surface area contributed by atoms with E-state index in [2.05, 4.69) is 24.5 Å². The van der Waals surface area contributed by atoms with Gasteiger partial charge in [-0.2, -0.15) is 13.2 Å². The number of alkyl halides is 3. The van der Waals surface area contributed by atoms with Gasteiger partial charge in [0.15, 0.2) is 6.10 Å². The average Bonchev–Trinajstić information content (AvgIpc) is 2.20. The third kappa shape index (κ3) is 6.06. The van der Waals surface area contributed by atoms with Crippen molar-refractivity contribution in [3.8, 4) is 0 Å². The van der Waals surface area contributed by atoms with Crippen LogP contribution < -0.4 is 0 Å². The molecule has 0 saturated carbocycles. The fourth-order valence-electron chi connectivity index (χ4n) is 1.04. The molecule has 0 saturated heterocycles. The van der Waals surface area contributed by atoms with Crippen molar-refractivity contribution in [1.29, 1.82) is 0 Å². The van der Waals surface area contributed by atoms with E-state index < -0.39 is 18.1 Å². The molecule has 0 amide bonds. The zero-order chi connectivity index (χ0) is 13.5. The van der Waals surface area contributed by atoms with Gasteiger partial charge in [-0.25, -0.2) is 4.39 Å². The Kier molecular flexibility index (Phi) is 6.50. The molecule has 5 heteroatoms. The summed E-state index contributed by atoms with van der Waals surface area (Å²) in [5.41, 5.74) is 0.157. The fourth-order valence-corrected chi connectivity index (χ4v) is 1.04. The van der Waals surface area contributed by atoms with E-state index in [-0.39, 0.29) is 18.6 Å². The van der Waals surface area contributed by atoms with Gasteiger partial charge < -0.3 is 4.74 Å². The van der Waals surface area contributed by atoms with Crippen LogP contribution in [-0.4, -0.2) is 18.9 Å². The van der Waals surface area contributed by atoms with Crippen molar-refractivity contribution in [3.05, 3.63) is 49.4 Å². The number of hydrogen-bond donors (Lipinski definition) is 0. The lowest BCUT2D eigenvalue weighted by atomic mass is 10.1. The van der Waals surface area contributed by atoms with Crippen LogP contribution in [-0.2, 0) is 4.74 Å². The molecule has 0 aromatic carbocycles. The van der Waals surface area contributed by atoms with Crippen LogP contribution >= 0.6 is 0 Å². The largest absolute Gasteiger partial charge is 0.418 e. The molecule has 0 aromatic rings. The van der Waals surface area contributed by atoms with Gasteiger partial charge in [0.25, 0.3) is 0 Å². The molecule has 0 fully saturated rings. The normalized spacial score (nSPS) is 14.2. The van der Waals surface area contributed by atoms with Crippen LogP contribution in [0.15, 0.2) is 49.4 Å². The highest BCUT2D eigenvalue weighted by atomic mass is 19.4. The standard InChI is InChI=1S/C12H14F4O/c1-4-6-10(9(3)13)7-8-17-11(5-2)12(14,15)16/h4-6,11H,1-3,7-8H2/b10-6-. The van der Waals surface area contributed by atoms with E-state index in [1.807, 2.05) is 0 Å². The summed E-state index contributed by atoms with van der Waals surface area (Å²) < 4.78 is 54.0. The minimum Gasteiger partial charge on any atom is -0.364 e. The first-order chi connectivity index (χ1) is 7.82. The van der Waals surface area contributed by atoms with Crippen molar-refractivity contribution >= 4 is 0 Å². The van der Waals surface area contributed by atoms with Crippen LogP contribution in [0, 0.1) is 0 Å². The van der Waals surface area contributed by atoms with Gasteiger partial charge in [0.1, 0.15) is 5.83 Å². The summed E-state index contributed by atoms with van der Waals surface area (Å²) in [4.78, 5) is 0. The maximum Gasteiger partial charge on any atom is 0.418 e. The predicted molar refractivity (Wildman–Crippen MR) is 59.1 cm³/mol. The summed E-state index contributed by atoms with van der Waals surface area (Å²) in [6, 6.07) is 0. The molecular formula is C12H14F4O. The van der Waals surface area contributed by atoms with Gasteiger partial charge in [-0.1, -0.05) is 31.4 Å². The van der Waals surface area contributed by atoms with Crippen LogP contribution in [0.25, 0.3) is 0 Å². The Morgan fingerprint density at radius 3 is 2.24 bits per heavy atom. The van der Waals surface area contributed by atoms with Crippen LogP contribution in [0.5, 0.6) is 0 Å². The molecule has 0 radical (unpaired) electrons. The third-order valence-electron chi connectivity index (χ3n) is 1.87. The van der Waals surface area contributed by atoms with Gasteiger partial charge in [-0.15, -0.1) is 6.58 Å². The maximum atomic E-state index is 12.8. The van der Waals surface area contributed by atoms with Gasteiger partial charge >= 0.3 is 6.18 Å². The maximum absolute atomic E-state index is 12.8. The summed E-state index contributed by atoms with van der Waals surface area (Å²) >= 11 is 0. The second-order valence-corrected chi connectivity index (χ2v) is 3.15. The molecule has 0 spiro atoms. The SMILES string of the molecule is C=C/C=C(/CCOC(C=C)C(F)(F)F)C(=C)F. The Bertz CT molecular complexity index is 315. The molecule has 17 heavy (non-hydrogen) atoms. The van der Waals surface area contributed by atoms with E-state index in [1.54, 1.807) is 0 Å². The van der Waals surface area contributed by atoms with Gasteiger partial charge in [-0.05, 0) is 12.0 Å². The number of hydrogen-bond acceptors (Lipinski definition) is 1. The Morgan fingerprint density at radius 1 is 1.29 bits per heavy atom. The summed E-state index contributed by atoms with van der Waals surface area (Å²) in [6.07, 6.45) is -3.24. The van der Waals surface area contributed by atoms with Crippen LogP contribution in [0.2, 0.25) is 0 Å². The molecule has 0 bridgehead atoms. The highest BCUT2D eigenvalue weighted by molar-refractivity contribution is 5.26. The molecule has 0 N–H and O–H groups in total. The average molecular weight is 250 g/mol. The Balaban J connectivity index is 4.30. The van der Waals surface area contributed by atoms with Gasteiger partial charge in [0, 0.05) is 0 Å². The van der Waals surface area contributed by atoms with Gasteiger partial charge in [0.05, 0.1) is 6.61 Å². The first-order valence-corrected chi connectivity index (χ1v) is 4.80. The molecule has 0 aliphatic heterocycles. The number of rotatable bonds is 7. The molecule has 0 aliphatic carbocycles. The lowest BCUT2D eigenvalue weighted by Crippen LogP contribution is -2.29. The summed E-state index contributed by atoms with van der Waals surface area (Å²) in [5, 5.41) is 0. The summed E-state index contributed by atoms with van der Waals surface area (Å²) in [6.45, 7) is 9.17. The second-order valence-electron chi connectivity index (χ2n) is 3.15. The number of ether oxygens (including phenoxy) is 1. The highest BCUT2D eigenvalue weighted by Gasteiger charge is 2.38. The van der Waals surface area contributed by atoms with Crippen LogP contribution in [0.3, 0.4) is 0 Å². The van der Waals surface area contributed by atoms with Crippen molar-refractivity contribution in [1.82, 2.24) is 0 Å². The molecular weight excluding hydrogens is 236 g/mol. The van der Waals surface area contributed by atoms with Crippen LogP contribution in [0.4, 0.5) is 17.6 Å². The van der Waals surface area contributed by atoms with E-state index in [0.717, 1.165) is 0 Å². The van der Waals surface area contributed by atoms with E-state index in [1.165, 1.54) is 12.2 Å². The van der Waals surface area contributed by atoms with Gasteiger partial charge in [0.2, 0.25) is 0 Å². The second kappa shape index (κ2) is 7.06. The number of allylic oxidation sites excluding steroid dienone is 3.